The van der Waals surface area contributed by atoms with E-state index >= 15 is 0 Å². The molecular formula is C26H27NO2. The normalized spacial score (nSPS) is 10.6. The predicted octanol–water partition coefficient (Wildman–Crippen LogP) is 6.79. The van der Waals surface area contributed by atoms with Crippen LogP contribution in [-0.2, 0) is 6.42 Å². The summed E-state index contributed by atoms with van der Waals surface area (Å²) < 4.78 is 5.54. The Labute approximate surface area is 173 Å². The molecule has 0 bridgehead atoms. The van der Waals surface area contributed by atoms with Crippen molar-refractivity contribution in [3.8, 4) is 22.9 Å². The maximum absolute atomic E-state index is 12.5. The summed E-state index contributed by atoms with van der Waals surface area (Å²) in [6.07, 6.45) is 8.75. The zero-order chi connectivity index (χ0) is 20.5. The van der Waals surface area contributed by atoms with Gasteiger partial charge in [0.1, 0.15) is 5.75 Å². The zero-order valence-electron chi connectivity index (χ0n) is 17.0. The van der Waals surface area contributed by atoms with Crippen molar-refractivity contribution in [3.05, 3.63) is 77.4 Å². The van der Waals surface area contributed by atoms with Crippen molar-refractivity contribution in [2.75, 3.05) is 0 Å². The number of benzene rings is 1. The Morgan fingerprint density at radius 2 is 1.48 bits per heavy atom. The molecule has 0 heterocycles. The van der Waals surface area contributed by atoms with Crippen molar-refractivity contribution >= 4 is 5.97 Å². The van der Waals surface area contributed by atoms with Crippen molar-refractivity contribution in [1.82, 2.24) is 0 Å². The van der Waals surface area contributed by atoms with Gasteiger partial charge in [-0.15, -0.1) is 0 Å². The van der Waals surface area contributed by atoms with E-state index in [0.29, 0.717) is 16.9 Å². The van der Waals surface area contributed by atoms with E-state index in [0.717, 1.165) is 17.5 Å². The first-order chi connectivity index (χ1) is 14.2. The molecule has 0 aliphatic heterocycles. The highest BCUT2D eigenvalue weighted by molar-refractivity contribution is 5.91. The molecule has 29 heavy (non-hydrogen) atoms. The number of ether oxygens (including phenoxy) is 1. The lowest BCUT2D eigenvalue weighted by atomic mass is 10.0. The van der Waals surface area contributed by atoms with Crippen molar-refractivity contribution in [2.45, 2.75) is 51.9 Å². The Morgan fingerprint density at radius 1 is 0.862 bits per heavy atom. The van der Waals surface area contributed by atoms with Gasteiger partial charge in [-0.05, 0) is 65.9 Å². The van der Waals surface area contributed by atoms with Gasteiger partial charge < -0.3 is 4.74 Å². The van der Waals surface area contributed by atoms with Crippen LogP contribution in [-0.4, -0.2) is 5.97 Å². The van der Waals surface area contributed by atoms with Crippen LogP contribution in [0.15, 0.2) is 60.7 Å². The molecule has 0 saturated heterocycles. The lowest BCUT2D eigenvalue weighted by Gasteiger charge is -2.05. The Balaban J connectivity index is 1.55. The molecule has 2 aliphatic carbocycles. The van der Waals surface area contributed by atoms with Gasteiger partial charge in [0.05, 0.1) is 17.2 Å². The minimum atomic E-state index is -0.353. The molecule has 0 N–H and O–H groups in total. The molecule has 0 unspecified atom stereocenters. The van der Waals surface area contributed by atoms with Gasteiger partial charge in [0.2, 0.25) is 0 Å². The molecule has 0 fully saturated rings. The molecule has 0 radical (unpaired) electrons. The summed E-state index contributed by atoms with van der Waals surface area (Å²) in [5.74, 6) is 0.166. The van der Waals surface area contributed by atoms with Crippen LogP contribution in [0.2, 0.25) is 0 Å². The summed E-state index contributed by atoms with van der Waals surface area (Å²) in [6.45, 7) is 2.23. The highest BCUT2D eigenvalue weighted by Gasteiger charge is 2.12. The summed E-state index contributed by atoms with van der Waals surface area (Å²) >= 11 is 0. The van der Waals surface area contributed by atoms with Crippen LogP contribution >= 0.6 is 0 Å². The molecule has 3 nitrogen and oxygen atoms in total. The highest BCUT2D eigenvalue weighted by Crippen LogP contribution is 2.30. The first-order valence-electron chi connectivity index (χ1n) is 10.4. The minimum Gasteiger partial charge on any atom is -0.423 e. The molecule has 0 saturated carbocycles. The number of carbonyl (C=O) groups excluding carboxylic acids is 1. The molecule has 2 aliphatic rings. The highest BCUT2D eigenvalue weighted by atomic mass is 16.5. The van der Waals surface area contributed by atoms with Gasteiger partial charge >= 0.3 is 5.97 Å². The summed E-state index contributed by atoms with van der Waals surface area (Å²) in [4.78, 5) is 12.5. The summed E-state index contributed by atoms with van der Waals surface area (Å²) in [5.41, 5.74) is 4.28. The van der Waals surface area contributed by atoms with Crippen LogP contribution < -0.4 is 4.74 Å². The van der Waals surface area contributed by atoms with Crippen molar-refractivity contribution in [2.24, 2.45) is 0 Å². The molecule has 148 valence electrons. The number of nitrogens with zero attached hydrogens (tertiary/aromatic N) is 1. The van der Waals surface area contributed by atoms with Gasteiger partial charge in [-0.2, -0.15) is 5.26 Å². The monoisotopic (exact) mass is 385 g/mol. The number of hydrogen-bond acceptors (Lipinski definition) is 3. The van der Waals surface area contributed by atoms with E-state index in [2.05, 4.69) is 13.0 Å². The van der Waals surface area contributed by atoms with Gasteiger partial charge in [0.15, 0.2) is 0 Å². The van der Waals surface area contributed by atoms with E-state index in [9.17, 15) is 4.79 Å². The Hall–Kier alpha value is -3.12. The molecule has 0 amide bonds. The SMILES string of the molecule is CCCCCCCCc1ccc(C(=O)Oc2cc3ccc(C#N)ccc-3c2)cc1. The van der Waals surface area contributed by atoms with Gasteiger partial charge in [-0.3, -0.25) is 0 Å². The number of unbranched alkanes of at least 4 members (excludes halogenated alkanes) is 5. The third-order valence-corrected chi connectivity index (χ3v) is 5.16. The minimum absolute atomic E-state index is 0.353. The standard InChI is InChI=1S/C26H27NO2/c1-2-3-4-5-6-7-8-20-9-13-22(14-10-20)26(28)29-25-17-23-15-11-21(19-27)12-16-24(23)18-25/h9-18H,2-8H2,1H3. The predicted molar refractivity (Wildman–Crippen MR) is 116 cm³/mol. The lowest BCUT2D eigenvalue weighted by Crippen LogP contribution is -2.07. The molecule has 3 rings (SSSR count). The van der Waals surface area contributed by atoms with Crippen molar-refractivity contribution < 1.29 is 9.53 Å². The molecule has 1 aromatic carbocycles. The van der Waals surface area contributed by atoms with Crippen LogP contribution in [0.25, 0.3) is 11.1 Å². The van der Waals surface area contributed by atoms with Crippen LogP contribution in [0, 0.1) is 11.3 Å². The second kappa shape index (κ2) is 10.4. The van der Waals surface area contributed by atoms with Gasteiger partial charge in [0, 0.05) is 0 Å². The Kier molecular flexibility index (Phi) is 7.41. The fourth-order valence-electron chi connectivity index (χ4n) is 3.43. The fraction of sp³-hybridized carbons (Fsp3) is 0.308. The first-order valence-corrected chi connectivity index (χ1v) is 10.4. The summed E-state index contributed by atoms with van der Waals surface area (Å²) in [6, 6.07) is 20.7. The Morgan fingerprint density at radius 3 is 2.10 bits per heavy atom. The largest absolute Gasteiger partial charge is 0.423 e. The third-order valence-electron chi connectivity index (χ3n) is 5.16. The average molecular weight is 386 g/mol. The number of aryl methyl sites for hydroxylation is 1. The quantitative estimate of drug-likeness (QED) is 0.301. The van der Waals surface area contributed by atoms with Crippen LogP contribution in [0.5, 0.6) is 5.75 Å². The molecule has 0 atom stereocenters. The second-order valence-electron chi connectivity index (χ2n) is 7.44. The first kappa shape index (κ1) is 20.6. The van der Waals surface area contributed by atoms with Crippen LogP contribution in [0.1, 0.15) is 66.9 Å². The molecular weight excluding hydrogens is 358 g/mol. The number of fused-ring (bicyclic) bond motifs is 1. The summed E-state index contributed by atoms with van der Waals surface area (Å²) in [7, 11) is 0. The van der Waals surface area contributed by atoms with E-state index in [1.807, 2.05) is 48.5 Å². The van der Waals surface area contributed by atoms with Gasteiger partial charge in [-0.1, -0.05) is 63.3 Å². The van der Waals surface area contributed by atoms with E-state index in [1.54, 1.807) is 12.1 Å². The van der Waals surface area contributed by atoms with E-state index in [1.165, 1.54) is 44.1 Å². The number of rotatable bonds is 9. The topological polar surface area (TPSA) is 50.1 Å². The van der Waals surface area contributed by atoms with E-state index < -0.39 is 0 Å². The van der Waals surface area contributed by atoms with E-state index in [-0.39, 0.29) is 5.97 Å². The summed E-state index contributed by atoms with van der Waals surface area (Å²) in [5, 5.41) is 8.98. The zero-order valence-corrected chi connectivity index (χ0v) is 17.0. The number of hydrogen-bond donors (Lipinski definition) is 0. The van der Waals surface area contributed by atoms with E-state index in [4.69, 9.17) is 10.00 Å². The second-order valence-corrected chi connectivity index (χ2v) is 7.44. The van der Waals surface area contributed by atoms with Crippen molar-refractivity contribution in [1.29, 1.82) is 5.26 Å². The molecule has 1 aromatic rings. The number of carbonyl (C=O) groups is 1. The van der Waals surface area contributed by atoms with Gasteiger partial charge in [-0.25, -0.2) is 4.79 Å². The maximum Gasteiger partial charge on any atom is 0.343 e. The molecule has 0 aromatic heterocycles. The van der Waals surface area contributed by atoms with Gasteiger partial charge in [0.25, 0.3) is 0 Å². The smallest absolute Gasteiger partial charge is 0.343 e. The van der Waals surface area contributed by atoms with Crippen LogP contribution in [0.3, 0.4) is 0 Å². The number of esters is 1. The molecule has 3 heteroatoms. The Bertz CT molecular complexity index is 920. The van der Waals surface area contributed by atoms with Crippen LogP contribution in [0.4, 0.5) is 0 Å². The van der Waals surface area contributed by atoms with Crippen molar-refractivity contribution in [3.63, 3.8) is 0 Å². The average Bonchev–Trinajstić information content (AvgIpc) is 3.02. The molecule has 0 spiro atoms. The number of nitriles is 1. The lowest BCUT2D eigenvalue weighted by molar-refractivity contribution is 0.0735. The maximum atomic E-state index is 12.5. The third kappa shape index (κ3) is 5.93. The fourth-order valence-corrected chi connectivity index (χ4v) is 3.43.